The number of nitrogens with zero attached hydrogens (tertiary/aromatic N) is 1. The van der Waals surface area contributed by atoms with Crippen LogP contribution in [0.15, 0.2) is 116 Å². The summed E-state index contributed by atoms with van der Waals surface area (Å²) in [6.07, 6.45) is 0. The summed E-state index contributed by atoms with van der Waals surface area (Å²) in [5, 5.41) is 0. The first-order valence-corrected chi connectivity index (χ1v) is 14.2. The predicted octanol–water partition coefficient (Wildman–Crippen LogP) is 6.24. The molecular formula is C27H19BrN2O5S2. The lowest BCUT2D eigenvalue weighted by Gasteiger charge is -2.30. The molecule has 0 spiro atoms. The number of hydrogen-bond acceptors (Lipinski definition) is 6. The SMILES string of the molecule is O=C(OCC(=O)N1c2ccccc2Sc2ccccc21)c1cccc(S(=O)(=O)Nc2ccc(Br)cc2)c1. The minimum Gasteiger partial charge on any atom is -0.452 e. The monoisotopic (exact) mass is 594 g/mol. The van der Waals surface area contributed by atoms with E-state index in [1.165, 1.54) is 29.2 Å². The van der Waals surface area contributed by atoms with Gasteiger partial charge in [-0.2, -0.15) is 0 Å². The molecule has 0 radical (unpaired) electrons. The molecule has 1 amide bonds. The number of para-hydroxylation sites is 2. The van der Waals surface area contributed by atoms with Gasteiger partial charge in [0, 0.05) is 20.0 Å². The summed E-state index contributed by atoms with van der Waals surface area (Å²) in [5.74, 6) is -1.23. The van der Waals surface area contributed by atoms with Crippen LogP contribution < -0.4 is 9.62 Å². The Morgan fingerprint density at radius 1 is 0.838 bits per heavy atom. The Balaban J connectivity index is 1.32. The number of nitrogens with one attached hydrogen (secondary N) is 1. The molecule has 0 bridgehead atoms. The first kappa shape index (κ1) is 25.1. The molecule has 4 aromatic carbocycles. The van der Waals surface area contributed by atoms with Gasteiger partial charge in [0.25, 0.3) is 15.9 Å². The third-order valence-corrected chi connectivity index (χ3v) is 8.52. The van der Waals surface area contributed by atoms with Crippen molar-refractivity contribution in [2.75, 3.05) is 16.2 Å². The molecule has 0 saturated carbocycles. The third-order valence-electron chi connectivity index (χ3n) is 5.48. The zero-order valence-corrected chi connectivity index (χ0v) is 22.3. The van der Waals surface area contributed by atoms with E-state index in [0.717, 1.165) is 14.3 Å². The molecule has 0 aliphatic carbocycles. The van der Waals surface area contributed by atoms with E-state index in [1.807, 2.05) is 48.5 Å². The number of halogens is 1. The highest BCUT2D eigenvalue weighted by Crippen LogP contribution is 2.47. The van der Waals surface area contributed by atoms with Crippen LogP contribution in [-0.4, -0.2) is 26.9 Å². The topological polar surface area (TPSA) is 92.8 Å². The van der Waals surface area contributed by atoms with Crippen LogP contribution in [0.4, 0.5) is 17.1 Å². The summed E-state index contributed by atoms with van der Waals surface area (Å²) < 4.78 is 34.3. The van der Waals surface area contributed by atoms with Crippen molar-refractivity contribution in [3.8, 4) is 0 Å². The minimum atomic E-state index is -3.95. The number of fused-ring (bicyclic) bond motifs is 2. The predicted molar refractivity (Wildman–Crippen MR) is 146 cm³/mol. The molecule has 0 fully saturated rings. The average molecular weight is 595 g/mol. The van der Waals surface area contributed by atoms with E-state index in [-0.39, 0.29) is 10.5 Å². The number of sulfonamides is 1. The average Bonchev–Trinajstić information content (AvgIpc) is 2.91. The third kappa shape index (κ3) is 5.41. The van der Waals surface area contributed by atoms with Gasteiger partial charge in [-0.3, -0.25) is 14.4 Å². The molecule has 0 unspecified atom stereocenters. The van der Waals surface area contributed by atoms with E-state index < -0.39 is 28.5 Å². The van der Waals surface area contributed by atoms with Crippen LogP contribution in [0.2, 0.25) is 0 Å². The van der Waals surface area contributed by atoms with E-state index in [0.29, 0.717) is 17.1 Å². The Hall–Kier alpha value is -3.60. The van der Waals surface area contributed by atoms with Crippen LogP contribution in [0.3, 0.4) is 0 Å². The van der Waals surface area contributed by atoms with Gasteiger partial charge in [0.05, 0.1) is 21.8 Å². The number of esters is 1. The number of carbonyl (C=O) groups excluding carboxylic acids is 2. The first-order chi connectivity index (χ1) is 17.8. The molecule has 1 N–H and O–H groups in total. The summed E-state index contributed by atoms with van der Waals surface area (Å²) in [5.41, 5.74) is 1.81. The van der Waals surface area contributed by atoms with E-state index in [9.17, 15) is 18.0 Å². The molecular weight excluding hydrogens is 576 g/mol. The maximum Gasteiger partial charge on any atom is 0.338 e. The number of carbonyl (C=O) groups is 2. The highest BCUT2D eigenvalue weighted by atomic mass is 79.9. The van der Waals surface area contributed by atoms with Crippen LogP contribution >= 0.6 is 27.7 Å². The highest BCUT2D eigenvalue weighted by Gasteiger charge is 2.28. The van der Waals surface area contributed by atoms with E-state index >= 15 is 0 Å². The highest BCUT2D eigenvalue weighted by molar-refractivity contribution is 9.10. The normalized spacial score (nSPS) is 12.3. The molecule has 0 saturated heterocycles. The molecule has 7 nitrogen and oxygen atoms in total. The molecule has 37 heavy (non-hydrogen) atoms. The second-order valence-corrected chi connectivity index (χ2v) is 11.7. The number of rotatable bonds is 6. The van der Waals surface area contributed by atoms with Gasteiger partial charge < -0.3 is 4.74 Å². The smallest absolute Gasteiger partial charge is 0.338 e. The molecule has 1 aliphatic heterocycles. The van der Waals surface area contributed by atoms with Crippen LogP contribution in [0.25, 0.3) is 0 Å². The lowest BCUT2D eigenvalue weighted by molar-refractivity contribution is -0.121. The Kier molecular flexibility index (Phi) is 7.05. The molecule has 4 aromatic rings. The fourth-order valence-electron chi connectivity index (χ4n) is 3.77. The number of amides is 1. The van der Waals surface area contributed by atoms with Crippen molar-refractivity contribution >= 4 is 66.7 Å². The van der Waals surface area contributed by atoms with Gasteiger partial charge >= 0.3 is 5.97 Å². The van der Waals surface area contributed by atoms with Gasteiger partial charge in [-0.15, -0.1) is 0 Å². The molecule has 10 heteroatoms. The second-order valence-electron chi connectivity index (χ2n) is 7.98. The summed E-state index contributed by atoms with van der Waals surface area (Å²) in [6, 6.07) is 27.1. The van der Waals surface area contributed by atoms with Gasteiger partial charge in [-0.1, -0.05) is 58.0 Å². The number of benzene rings is 4. The molecule has 0 aromatic heterocycles. The van der Waals surface area contributed by atoms with Crippen molar-refractivity contribution in [2.24, 2.45) is 0 Å². The van der Waals surface area contributed by atoms with Crippen molar-refractivity contribution < 1.29 is 22.7 Å². The Bertz CT molecular complexity index is 1560. The van der Waals surface area contributed by atoms with Crippen LogP contribution in [0, 0.1) is 0 Å². The van der Waals surface area contributed by atoms with Crippen LogP contribution in [0.5, 0.6) is 0 Å². The Morgan fingerprint density at radius 2 is 1.46 bits per heavy atom. The van der Waals surface area contributed by atoms with E-state index in [1.54, 1.807) is 36.0 Å². The van der Waals surface area contributed by atoms with Crippen molar-refractivity contribution in [3.63, 3.8) is 0 Å². The zero-order valence-electron chi connectivity index (χ0n) is 19.1. The second kappa shape index (κ2) is 10.4. The van der Waals surface area contributed by atoms with E-state index in [4.69, 9.17) is 4.74 Å². The Labute approximate surface area is 226 Å². The lowest BCUT2D eigenvalue weighted by atomic mass is 10.2. The maximum atomic E-state index is 13.2. The number of hydrogen-bond donors (Lipinski definition) is 1. The molecule has 186 valence electrons. The molecule has 5 rings (SSSR count). The Morgan fingerprint density at radius 3 is 2.11 bits per heavy atom. The molecule has 1 aliphatic rings. The van der Waals surface area contributed by atoms with Gasteiger partial charge in [0.2, 0.25) is 0 Å². The zero-order chi connectivity index (χ0) is 26.0. The van der Waals surface area contributed by atoms with Crippen molar-refractivity contribution in [1.82, 2.24) is 0 Å². The molecule has 1 heterocycles. The molecule has 0 atom stereocenters. The summed E-state index contributed by atoms with van der Waals surface area (Å²) in [7, 11) is -3.95. The fourth-order valence-corrected chi connectivity index (χ4v) is 6.20. The largest absolute Gasteiger partial charge is 0.452 e. The standard InChI is InChI=1S/C27H19BrN2O5S2/c28-19-12-14-20(15-13-19)29-37(33,34)21-7-5-6-18(16-21)27(32)35-17-26(31)30-22-8-1-3-10-24(22)36-25-11-4-2-9-23(25)30/h1-16,29H,17H2. The van der Waals surface area contributed by atoms with E-state index in [2.05, 4.69) is 20.7 Å². The van der Waals surface area contributed by atoms with Gasteiger partial charge in [0.1, 0.15) is 0 Å². The quantitative estimate of drug-likeness (QED) is 0.266. The maximum absolute atomic E-state index is 13.2. The van der Waals surface area contributed by atoms with Crippen LogP contribution in [0.1, 0.15) is 10.4 Å². The fraction of sp³-hybridized carbons (Fsp3) is 0.0370. The van der Waals surface area contributed by atoms with Crippen molar-refractivity contribution in [1.29, 1.82) is 0 Å². The van der Waals surface area contributed by atoms with Crippen molar-refractivity contribution in [3.05, 3.63) is 107 Å². The minimum absolute atomic E-state index is 0.0153. The van der Waals surface area contributed by atoms with Gasteiger partial charge in [-0.25, -0.2) is 13.2 Å². The van der Waals surface area contributed by atoms with Crippen LogP contribution in [-0.2, 0) is 19.6 Å². The summed E-state index contributed by atoms with van der Waals surface area (Å²) >= 11 is 4.87. The van der Waals surface area contributed by atoms with Gasteiger partial charge in [0.15, 0.2) is 6.61 Å². The van der Waals surface area contributed by atoms with Crippen molar-refractivity contribution in [2.45, 2.75) is 14.7 Å². The summed E-state index contributed by atoms with van der Waals surface area (Å²) in [6.45, 7) is -0.514. The number of ether oxygens (including phenoxy) is 1. The summed E-state index contributed by atoms with van der Waals surface area (Å²) in [4.78, 5) is 29.3. The lowest BCUT2D eigenvalue weighted by Crippen LogP contribution is -2.32. The van der Waals surface area contributed by atoms with Gasteiger partial charge in [-0.05, 0) is 66.7 Å². The number of anilines is 3. The first-order valence-electron chi connectivity index (χ1n) is 11.1.